The minimum atomic E-state index is -4.09. The monoisotopic (exact) mass is 983 g/mol. The fourth-order valence-corrected chi connectivity index (χ4v) is 47.7. The van der Waals surface area contributed by atoms with E-state index in [1.54, 1.807) is 0 Å². The first-order chi connectivity index (χ1) is 30.8. The van der Waals surface area contributed by atoms with Crippen LogP contribution in [0.25, 0.3) is 0 Å². The summed E-state index contributed by atoms with van der Waals surface area (Å²) in [4.78, 5) is 0. The average molecular weight is 983 g/mol. The third-order valence-electron chi connectivity index (χ3n) is 16.7. The topological polar surface area (TPSA) is 44.8 Å². The van der Waals surface area contributed by atoms with E-state index in [4.69, 9.17) is 12.9 Å². The van der Waals surface area contributed by atoms with Crippen LogP contribution in [0.15, 0.2) is 0 Å². The van der Waals surface area contributed by atoms with Gasteiger partial charge in [-0.3, -0.25) is 0 Å². The Hall–Kier alpha value is 1.40. The Morgan fingerprint density at radius 3 is 0.953 bits per heavy atom. The molecule has 0 saturated carbocycles. The van der Waals surface area contributed by atoms with E-state index in [9.17, 15) is 0 Å². The molecule has 0 amide bonds. The van der Waals surface area contributed by atoms with E-state index < -0.39 is 28.3 Å². The van der Waals surface area contributed by atoms with Crippen LogP contribution in [0.2, 0.25) is 0 Å². The second-order valence-corrected chi connectivity index (χ2v) is 41.5. The second-order valence-electron chi connectivity index (χ2n) is 22.3. The standard InChI is InChI=1S/C56H122O4P4/c1-13-25-29-33-37-41-52-64(53-42-38-34-30-26-14-2,54-43-39-35-31-27-15-3)56(44-40-36-32-28-16-4)55(24-12)63(49-21-9,50-22-10,51-23-11)59-61(57,60-64)58-62(45-17-5,46-18-6,47-19-7)48-20-8/h55-56H,13-54H2,1-12H3. The molecule has 8 heteroatoms. The van der Waals surface area contributed by atoms with Gasteiger partial charge in [-0.2, -0.15) is 0 Å². The first-order valence-electron chi connectivity index (χ1n) is 29.6. The van der Waals surface area contributed by atoms with Crippen LogP contribution in [-0.2, 0) is 17.5 Å². The molecule has 0 aromatic rings. The van der Waals surface area contributed by atoms with Crippen LogP contribution in [0, 0.1) is 0 Å². The first kappa shape index (κ1) is 63.4. The second kappa shape index (κ2) is 33.1. The Labute approximate surface area is 405 Å². The average Bonchev–Trinajstić information content (AvgIpc) is 3.30. The van der Waals surface area contributed by atoms with Crippen LogP contribution in [0.5, 0.6) is 0 Å². The molecule has 1 heterocycles. The molecule has 0 aromatic heterocycles. The molecule has 0 bridgehead atoms. The first-order valence-corrected chi connectivity index (χ1v) is 39.5. The molecule has 4 nitrogen and oxygen atoms in total. The summed E-state index contributed by atoms with van der Waals surface area (Å²) in [5.41, 5.74) is 0.900. The molecule has 1 aliphatic rings. The van der Waals surface area contributed by atoms with Gasteiger partial charge >= 0.3 is 407 Å². The molecule has 1 aliphatic heterocycles. The molecule has 0 spiro atoms. The fraction of sp³-hybridized carbons (Fsp3) is 1.00. The maximum absolute atomic E-state index is 17.8. The number of rotatable bonds is 44. The summed E-state index contributed by atoms with van der Waals surface area (Å²) < 4.78 is 43.2. The molecule has 0 aliphatic carbocycles. The Morgan fingerprint density at radius 1 is 0.359 bits per heavy atom. The van der Waals surface area contributed by atoms with E-state index in [0.29, 0.717) is 11.3 Å². The van der Waals surface area contributed by atoms with Crippen molar-refractivity contribution in [2.45, 2.75) is 300 Å². The van der Waals surface area contributed by atoms with E-state index in [-0.39, 0.29) is 0 Å². The zero-order chi connectivity index (χ0) is 47.8. The van der Waals surface area contributed by atoms with Gasteiger partial charge in [-0.25, -0.2) is 0 Å². The van der Waals surface area contributed by atoms with Crippen molar-refractivity contribution in [2.24, 2.45) is 0 Å². The normalized spacial score (nSPS) is 23.6. The summed E-state index contributed by atoms with van der Waals surface area (Å²) in [6, 6.07) is 0. The molecule has 1 rings (SSSR count). The van der Waals surface area contributed by atoms with Crippen molar-refractivity contribution >= 4 is 28.3 Å². The molecule has 390 valence electrons. The van der Waals surface area contributed by atoms with Gasteiger partial charge in [0.1, 0.15) is 0 Å². The summed E-state index contributed by atoms with van der Waals surface area (Å²) in [6.45, 7) is 19.1. The summed E-state index contributed by atoms with van der Waals surface area (Å²) in [6.07, 6.45) is 50.8. The summed E-state index contributed by atoms with van der Waals surface area (Å²) in [7, 11) is -4.09. The van der Waals surface area contributed by atoms with Gasteiger partial charge in [0.25, 0.3) is 0 Å². The predicted molar refractivity (Wildman–Crippen MR) is 304 cm³/mol. The Balaban J connectivity index is 4.78. The van der Waals surface area contributed by atoms with Crippen LogP contribution < -0.4 is 0 Å². The van der Waals surface area contributed by atoms with Gasteiger partial charge in [-0.1, -0.05) is 0 Å². The third-order valence-corrected chi connectivity index (χ3v) is 44.4. The van der Waals surface area contributed by atoms with Crippen LogP contribution in [0.1, 0.15) is 289 Å². The SMILES string of the molecule is CCCCCCCCP1(CCCCCCCC)(CCCCCCCC)OP(=O)(OP(CCC)(CCC)(CCC)CCC)OP(CCC)(CCC)(CCC)C(CC)C1CCCCCCC. The summed E-state index contributed by atoms with van der Waals surface area (Å²) >= 11 is 0. The van der Waals surface area contributed by atoms with E-state index in [1.807, 2.05) is 0 Å². The number of hydrogen-bond donors (Lipinski definition) is 0. The summed E-state index contributed by atoms with van der Waals surface area (Å²) in [5, 5.41) is 0. The molecule has 3 unspecified atom stereocenters. The van der Waals surface area contributed by atoms with Crippen LogP contribution in [0.4, 0.5) is 0 Å². The van der Waals surface area contributed by atoms with Crippen molar-refractivity contribution in [1.29, 1.82) is 0 Å². The van der Waals surface area contributed by atoms with Gasteiger partial charge in [0, 0.05) is 0 Å². The summed E-state index contributed by atoms with van der Waals surface area (Å²) in [5.74, 6) is 0. The van der Waals surface area contributed by atoms with Crippen molar-refractivity contribution in [3.05, 3.63) is 0 Å². The number of unbranched alkanes of at least 4 members (excludes halogenated alkanes) is 19. The van der Waals surface area contributed by atoms with Gasteiger partial charge in [-0.15, -0.1) is 0 Å². The molecule has 0 aromatic carbocycles. The molecule has 1 saturated heterocycles. The van der Waals surface area contributed by atoms with E-state index in [2.05, 4.69) is 83.1 Å². The van der Waals surface area contributed by atoms with Crippen LogP contribution >= 0.6 is 28.3 Å². The molecule has 0 radical (unpaired) electrons. The molecular weight excluding hydrogens is 861 g/mol. The molecule has 1 fully saturated rings. The number of hydrogen-bond acceptors (Lipinski definition) is 4. The van der Waals surface area contributed by atoms with Gasteiger partial charge in [-0.05, 0) is 0 Å². The van der Waals surface area contributed by atoms with Gasteiger partial charge in [0.15, 0.2) is 0 Å². The maximum atomic E-state index is 17.8. The van der Waals surface area contributed by atoms with Crippen molar-refractivity contribution in [1.82, 2.24) is 0 Å². The fourth-order valence-electron chi connectivity index (χ4n) is 14.5. The van der Waals surface area contributed by atoms with Crippen molar-refractivity contribution in [3.8, 4) is 0 Å². The quantitative estimate of drug-likeness (QED) is 0.0451. The van der Waals surface area contributed by atoms with Crippen LogP contribution in [-0.4, -0.2) is 72.9 Å². The number of phosphoric acid groups is 1. The van der Waals surface area contributed by atoms with Crippen molar-refractivity contribution < 1.29 is 17.5 Å². The molecule has 0 N–H and O–H groups in total. The molecule has 3 atom stereocenters. The molecular formula is C56H122O4P4. The predicted octanol–water partition coefficient (Wildman–Crippen LogP) is 22.0. The van der Waals surface area contributed by atoms with Gasteiger partial charge in [0.05, 0.1) is 0 Å². The van der Waals surface area contributed by atoms with Crippen molar-refractivity contribution in [2.75, 3.05) is 61.6 Å². The Morgan fingerprint density at radius 2 is 0.656 bits per heavy atom. The van der Waals surface area contributed by atoms with E-state index >= 15 is 4.57 Å². The third kappa shape index (κ3) is 18.2. The van der Waals surface area contributed by atoms with E-state index in [1.165, 1.54) is 154 Å². The zero-order valence-corrected chi connectivity index (χ0v) is 49.9. The minimum absolute atomic E-state index is 0.440. The Kier molecular flexibility index (Phi) is 32.8. The van der Waals surface area contributed by atoms with Crippen LogP contribution in [0.3, 0.4) is 0 Å². The van der Waals surface area contributed by atoms with Crippen molar-refractivity contribution in [3.63, 3.8) is 0 Å². The van der Waals surface area contributed by atoms with E-state index in [0.717, 1.165) is 113 Å². The van der Waals surface area contributed by atoms with Gasteiger partial charge < -0.3 is 0 Å². The van der Waals surface area contributed by atoms with Gasteiger partial charge in [0.2, 0.25) is 0 Å². The zero-order valence-electron chi connectivity index (χ0n) is 46.3. The Bertz CT molecular complexity index is 1110. The molecule has 64 heavy (non-hydrogen) atoms.